The molecule has 0 unspecified atom stereocenters. The van der Waals surface area contributed by atoms with E-state index >= 15 is 0 Å². The minimum atomic E-state index is -0.0500. The van der Waals surface area contributed by atoms with Gasteiger partial charge in [0.2, 0.25) is 5.91 Å². The Balaban J connectivity index is 1.27. The number of benzene rings is 2. The number of anilines is 3. The summed E-state index contributed by atoms with van der Waals surface area (Å²) in [6.45, 7) is 0.464. The smallest absolute Gasteiger partial charge is 0.224 e. The van der Waals surface area contributed by atoms with Crippen LogP contribution >= 0.6 is 0 Å². The highest BCUT2D eigenvalue weighted by atomic mass is 16.1. The maximum absolute atomic E-state index is 12.3. The van der Waals surface area contributed by atoms with Gasteiger partial charge in [-0.2, -0.15) is 0 Å². The van der Waals surface area contributed by atoms with Gasteiger partial charge in [-0.05, 0) is 34.9 Å². The van der Waals surface area contributed by atoms with Crippen molar-refractivity contribution in [3.05, 3.63) is 90.3 Å². The predicted octanol–water partition coefficient (Wildman–Crippen LogP) is 3.66. The summed E-state index contributed by atoms with van der Waals surface area (Å²) in [6.07, 6.45) is 3.70. The third kappa shape index (κ3) is 5.02. The normalized spacial score (nSPS) is 10.5. The van der Waals surface area contributed by atoms with Gasteiger partial charge in [-0.25, -0.2) is 9.97 Å². The predicted molar refractivity (Wildman–Crippen MR) is 118 cm³/mol. The average Bonchev–Trinajstić information content (AvgIpc) is 3.21. The lowest BCUT2D eigenvalue weighted by Crippen LogP contribution is -2.24. The van der Waals surface area contributed by atoms with Gasteiger partial charge in [0.1, 0.15) is 5.82 Å². The molecule has 2 aromatic carbocycles. The Morgan fingerprint density at radius 2 is 1.67 bits per heavy atom. The van der Waals surface area contributed by atoms with E-state index in [1.165, 1.54) is 0 Å². The highest BCUT2D eigenvalue weighted by Gasteiger charge is 2.06. The Morgan fingerprint density at radius 1 is 0.900 bits per heavy atom. The number of nitrogens with two attached hydrogens (primary N) is 1. The molecule has 0 radical (unpaired) electrons. The number of nitrogen functional groups attached to an aromatic ring is 1. The van der Waals surface area contributed by atoms with Crippen molar-refractivity contribution in [2.75, 3.05) is 11.1 Å². The third-order valence-electron chi connectivity index (χ3n) is 4.59. The van der Waals surface area contributed by atoms with Gasteiger partial charge in [0.15, 0.2) is 5.95 Å². The molecule has 0 aliphatic carbocycles. The second kappa shape index (κ2) is 8.91. The van der Waals surface area contributed by atoms with E-state index in [0.29, 0.717) is 12.5 Å². The summed E-state index contributed by atoms with van der Waals surface area (Å²) in [5.41, 5.74) is 10.3. The Morgan fingerprint density at radius 3 is 2.33 bits per heavy atom. The van der Waals surface area contributed by atoms with Crippen LogP contribution in [-0.4, -0.2) is 20.9 Å². The first-order valence-corrected chi connectivity index (χ1v) is 9.59. The standard InChI is InChI=1S/C23H22N6O/c24-23-27-15-20(29-23)18-9-6-16(7-10-18)13-26-22(30)12-17-8-11-21(25-14-17)28-19-4-2-1-3-5-19/h1-11,14-15H,12-13H2,(H,25,28)(H,26,30)(H3,24,27,29). The zero-order chi connectivity index (χ0) is 20.8. The van der Waals surface area contributed by atoms with Crippen LogP contribution in [0.15, 0.2) is 79.1 Å². The van der Waals surface area contributed by atoms with Gasteiger partial charge in [-0.15, -0.1) is 0 Å². The van der Waals surface area contributed by atoms with Crippen molar-refractivity contribution in [3.8, 4) is 11.3 Å². The second-order valence-corrected chi connectivity index (χ2v) is 6.88. The fourth-order valence-electron chi connectivity index (χ4n) is 3.01. The lowest BCUT2D eigenvalue weighted by Gasteiger charge is -2.08. The molecule has 2 heterocycles. The molecule has 0 fully saturated rings. The average molecular weight is 398 g/mol. The maximum Gasteiger partial charge on any atom is 0.224 e. The number of H-pyrrole nitrogens is 1. The fourth-order valence-corrected chi connectivity index (χ4v) is 3.01. The summed E-state index contributed by atoms with van der Waals surface area (Å²) < 4.78 is 0. The molecule has 4 aromatic rings. The van der Waals surface area contributed by atoms with Gasteiger partial charge >= 0.3 is 0 Å². The number of imidazole rings is 1. The maximum atomic E-state index is 12.3. The summed E-state index contributed by atoms with van der Waals surface area (Å²) in [6, 6.07) is 21.5. The molecule has 0 aliphatic rings. The second-order valence-electron chi connectivity index (χ2n) is 6.88. The summed E-state index contributed by atoms with van der Waals surface area (Å²) in [4.78, 5) is 23.6. The van der Waals surface area contributed by atoms with Crippen molar-refractivity contribution >= 4 is 23.4 Å². The van der Waals surface area contributed by atoms with Crippen LogP contribution in [0.3, 0.4) is 0 Å². The molecular weight excluding hydrogens is 376 g/mol. The topological polar surface area (TPSA) is 109 Å². The van der Waals surface area contributed by atoms with Crippen molar-refractivity contribution in [2.45, 2.75) is 13.0 Å². The van der Waals surface area contributed by atoms with Gasteiger partial charge in [-0.3, -0.25) is 4.79 Å². The number of rotatable bonds is 7. The molecule has 7 nitrogen and oxygen atoms in total. The number of para-hydroxylation sites is 1. The molecule has 30 heavy (non-hydrogen) atoms. The van der Waals surface area contributed by atoms with Crippen molar-refractivity contribution < 1.29 is 4.79 Å². The van der Waals surface area contributed by atoms with Crippen molar-refractivity contribution in [1.82, 2.24) is 20.3 Å². The van der Waals surface area contributed by atoms with Gasteiger partial charge in [0, 0.05) is 18.4 Å². The Hall–Kier alpha value is -4.13. The third-order valence-corrected chi connectivity index (χ3v) is 4.59. The van der Waals surface area contributed by atoms with E-state index in [1.807, 2.05) is 66.7 Å². The van der Waals surface area contributed by atoms with E-state index < -0.39 is 0 Å². The SMILES string of the molecule is Nc1ncc(-c2ccc(CNC(=O)Cc3ccc(Nc4ccccc4)nc3)cc2)[nH]1. The molecule has 0 saturated carbocycles. The summed E-state index contributed by atoms with van der Waals surface area (Å²) in [5, 5.41) is 6.17. The van der Waals surface area contributed by atoms with E-state index in [1.54, 1.807) is 12.4 Å². The molecule has 0 aliphatic heterocycles. The van der Waals surface area contributed by atoms with E-state index in [4.69, 9.17) is 5.73 Å². The van der Waals surface area contributed by atoms with Crippen LogP contribution in [0.4, 0.5) is 17.5 Å². The number of aromatic amines is 1. The lowest BCUT2D eigenvalue weighted by molar-refractivity contribution is -0.120. The zero-order valence-electron chi connectivity index (χ0n) is 16.3. The van der Waals surface area contributed by atoms with Crippen LogP contribution in [0.2, 0.25) is 0 Å². The van der Waals surface area contributed by atoms with Crippen LogP contribution < -0.4 is 16.4 Å². The molecule has 0 spiro atoms. The lowest BCUT2D eigenvalue weighted by atomic mass is 10.1. The van der Waals surface area contributed by atoms with Gasteiger partial charge in [0.25, 0.3) is 0 Å². The molecule has 2 aromatic heterocycles. The molecule has 0 atom stereocenters. The van der Waals surface area contributed by atoms with Crippen LogP contribution in [0, 0.1) is 0 Å². The molecule has 7 heteroatoms. The minimum absolute atomic E-state index is 0.0500. The summed E-state index contributed by atoms with van der Waals surface area (Å²) >= 11 is 0. The molecular formula is C23H22N6O. The molecule has 150 valence electrons. The monoisotopic (exact) mass is 398 g/mol. The van der Waals surface area contributed by atoms with E-state index in [2.05, 4.69) is 25.6 Å². The first-order chi connectivity index (χ1) is 14.7. The van der Waals surface area contributed by atoms with Crippen LogP contribution in [-0.2, 0) is 17.8 Å². The van der Waals surface area contributed by atoms with Crippen LogP contribution in [0.5, 0.6) is 0 Å². The van der Waals surface area contributed by atoms with E-state index in [0.717, 1.165) is 33.9 Å². The Bertz CT molecular complexity index is 1100. The molecule has 0 saturated heterocycles. The highest BCUT2D eigenvalue weighted by molar-refractivity contribution is 5.78. The Kier molecular flexibility index (Phi) is 5.70. The molecule has 0 bridgehead atoms. The molecule has 1 amide bonds. The Labute approximate surface area is 174 Å². The van der Waals surface area contributed by atoms with Crippen molar-refractivity contribution in [1.29, 1.82) is 0 Å². The van der Waals surface area contributed by atoms with E-state index in [9.17, 15) is 4.79 Å². The summed E-state index contributed by atoms with van der Waals surface area (Å²) in [5.74, 6) is 1.08. The largest absolute Gasteiger partial charge is 0.369 e. The molecule has 4 rings (SSSR count). The first kappa shape index (κ1) is 19.2. The van der Waals surface area contributed by atoms with Crippen LogP contribution in [0.1, 0.15) is 11.1 Å². The minimum Gasteiger partial charge on any atom is -0.369 e. The number of carbonyl (C=O) groups is 1. The number of nitrogens with zero attached hydrogens (tertiary/aromatic N) is 2. The van der Waals surface area contributed by atoms with Gasteiger partial charge in [0.05, 0.1) is 18.3 Å². The number of pyridine rings is 1. The number of carbonyl (C=O) groups excluding carboxylic acids is 1. The number of amides is 1. The number of hydrogen-bond acceptors (Lipinski definition) is 5. The van der Waals surface area contributed by atoms with Crippen molar-refractivity contribution in [2.24, 2.45) is 0 Å². The van der Waals surface area contributed by atoms with Gasteiger partial charge < -0.3 is 21.4 Å². The number of hydrogen-bond donors (Lipinski definition) is 4. The van der Waals surface area contributed by atoms with E-state index in [-0.39, 0.29) is 12.3 Å². The van der Waals surface area contributed by atoms with Crippen LogP contribution in [0.25, 0.3) is 11.3 Å². The number of nitrogens with one attached hydrogen (secondary N) is 3. The highest BCUT2D eigenvalue weighted by Crippen LogP contribution is 2.18. The first-order valence-electron chi connectivity index (χ1n) is 9.59. The quantitative estimate of drug-likeness (QED) is 0.380. The summed E-state index contributed by atoms with van der Waals surface area (Å²) in [7, 11) is 0. The van der Waals surface area contributed by atoms with Gasteiger partial charge in [-0.1, -0.05) is 48.5 Å². The molecule has 5 N–H and O–H groups in total. The fraction of sp³-hybridized carbons (Fsp3) is 0.0870. The number of aromatic nitrogens is 3. The zero-order valence-corrected chi connectivity index (χ0v) is 16.3. The van der Waals surface area contributed by atoms with Crippen molar-refractivity contribution in [3.63, 3.8) is 0 Å².